The van der Waals surface area contributed by atoms with Crippen LogP contribution in [0.15, 0.2) is 76.8 Å². The molecule has 1 heterocycles. The second-order valence-corrected chi connectivity index (χ2v) is 8.63. The molecule has 0 aliphatic carbocycles. The van der Waals surface area contributed by atoms with Crippen molar-refractivity contribution in [1.29, 1.82) is 0 Å². The number of aliphatic hydroxyl groups excluding tert-OH is 1. The summed E-state index contributed by atoms with van der Waals surface area (Å²) in [5.41, 5.74) is 1.48. The molecule has 0 aromatic heterocycles. The number of hydrogen-bond donors (Lipinski definition) is 1. The van der Waals surface area contributed by atoms with Crippen LogP contribution in [-0.2, 0) is 9.59 Å². The predicted molar refractivity (Wildman–Crippen MR) is 136 cm³/mol. The van der Waals surface area contributed by atoms with Crippen LogP contribution in [0.5, 0.6) is 17.2 Å². The summed E-state index contributed by atoms with van der Waals surface area (Å²) in [6.45, 7) is 2.25. The molecule has 3 aromatic carbocycles. The molecule has 1 fully saturated rings. The number of benzene rings is 3. The summed E-state index contributed by atoms with van der Waals surface area (Å²) in [6, 6.07) is 18.0. The van der Waals surface area contributed by atoms with Crippen LogP contribution < -0.4 is 19.1 Å². The zero-order valence-electron chi connectivity index (χ0n) is 19.4. The molecule has 8 heteroatoms. The second kappa shape index (κ2) is 10.2. The Morgan fingerprint density at radius 3 is 2.23 bits per heavy atom. The van der Waals surface area contributed by atoms with E-state index >= 15 is 0 Å². The van der Waals surface area contributed by atoms with Crippen LogP contribution in [0.4, 0.5) is 5.69 Å². The SMILES string of the molecule is CCOc1cc(C2/C(=C(/O)c3ccc(Br)cc3)C(=O)C(=O)N2c2ccc(OC)cc2)ccc1OC. The third kappa shape index (κ3) is 4.61. The number of nitrogens with zero attached hydrogens (tertiary/aromatic N) is 1. The number of anilines is 1. The molecule has 0 saturated carbocycles. The van der Waals surface area contributed by atoms with Gasteiger partial charge in [0.1, 0.15) is 11.5 Å². The van der Waals surface area contributed by atoms with E-state index in [2.05, 4.69) is 15.9 Å². The zero-order valence-corrected chi connectivity index (χ0v) is 21.0. The lowest BCUT2D eigenvalue weighted by atomic mass is 9.94. The number of ether oxygens (including phenoxy) is 3. The number of hydrogen-bond acceptors (Lipinski definition) is 6. The summed E-state index contributed by atoms with van der Waals surface area (Å²) >= 11 is 3.37. The van der Waals surface area contributed by atoms with Gasteiger partial charge in [0.05, 0.1) is 32.4 Å². The molecule has 1 saturated heterocycles. The van der Waals surface area contributed by atoms with Gasteiger partial charge in [-0.15, -0.1) is 0 Å². The largest absolute Gasteiger partial charge is 0.507 e. The Kier molecular flexibility index (Phi) is 7.12. The van der Waals surface area contributed by atoms with Crippen LogP contribution in [0, 0.1) is 0 Å². The van der Waals surface area contributed by atoms with Gasteiger partial charge in [0.15, 0.2) is 11.5 Å². The number of methoxy groups -OCH3 is 2. The molecule has 1 N–H and O–H groups in total. The summed E-state index contributed by atoms with van der Waals surface area (Å²) in [4.78, 5) is 28.0. The Hall–Kier alpha value is -3.78. The number of carbonyl (C=O) groups is 2. The fourth-order valence-electron chi connectivity index (χ4n) is 4.05. The first kappa shape index (κ1) is 24.3. The molecule has 1 unspecified atom stereocenters. The van der Waals surface area contributed by atoms with Gasteiger partial charge in [-0.05, 0) is 61.0 Å². The maximum Gasteiger partial charge on any atom is 0.300 e. The van der Waals surface area contributed by atoms with E-state index in [1.807, 2.05) is 6.92 Å². The van der Waals surface area contributed by atoms with E-state index in [4.69, 9.17) is 14.2 Å². The molecule has 1 amide bonds. The zero-order chi connectivity index (χ0) is 25.1. The maximum absolute atomic E-state index is 13.3. The van der Waals surface area contributed by atoms with Crippen molar-refractivity contribution in [2.45, 2.75) is 13.0 Å². The first-order chi connectivity index (χ1) is 16.9. The molecule has 1 atom stereocenters. The normalized spacial score (nSPS) is 16.9. The third-order valence-corrected chi connectivity index (χ3v) is 6.24. The smallest absolute Gasteiger partial charge is 0.300 e. The van der Waals surface area contributed by atoms with Gasteiger partial charge < -0.3 is 19.3 Å². The molecule has 35 heavy (non-hydrogen) atoms. The third-order valence-electron chi connectivity index (χ3n) is 5.72. The Morgan fingerprint density at radius 1 is 0.943 bits per heavy atom. The van der Waals surface area contributed by atoms with Crippen LogP contribution in [0.2, 0.25) is 0 Å². The summed E-state index contributed by atoms with van der Waals surface area (Å²) < 4.78 is 17.2. The fraction of sp³-hybridized carbons (Fsp3) is 0.185. The van der Waals surface area contributed by atoms with Gasteiger partial charge in [0.25, 0.3) is 11.7 Å². The minimum absolute atomic E-state index is 0.0132. The summed E-state index contributed by atoms with van der Waals surface area (Å²) in [7, 11) is 3.08. The van der Waals surface area contributed by atoms with Crippen molar-refractivity contribution in [3.05, 3.63) is 87.9 Å². The lowest BCUT2D eigenvalue weighted by Gasteiger charge is -2.26. The number of rotatable bonds is 7. The van der Waals surface area contributed by atoms with Gasteiger partial charge in [-0.1, -0.05) is 34.1 Å². The van der Waals surface area contributed by atoms with E-state index in [1.54, 1.807) is 73.8 Å². The van der Waals surface area contributed by atoms with Gasteiger partial charge in [0, 0.05) is 15.7 Å². The van der Waals surface area contributed by atoms with Gasteiger partial charge in [-0.2, -0.15) is 0 Å². The highest BCUT2D eigenvalue weighted by Crippen LogP contribution is 2.44. The fourth-order valence-corrected chi connectivity index (χ4v) is 4.32. The molecule has 1 aliphatic heterocycles. The summed E-state index contributed by atoms with van der Waals surface area (Å²) in [5.74, 6) is -0.181. The molecule has 7 nitrogen and oxygen atoms in total. The Bertz CT molecular complexity index is 1280. The van der Waals surface area contributed by atoms with Crippen molar-refractivity contribution in [2.75, 3.05) is 25.7 Å². The monoisotopic (exact) mass is 537 g/mol. The second-order valence-electron chi connectivity index (χ2n) is 7.72. The lowest BCUT2D eigenvalue weighted by molar-refractivity contribution is -0.132. The quantitative estimate of drug-likeness (QED) is 0.243. The van der Waals surface area contributed by atoms with Crippen LogP contribution in [0.1, 0.15) is 24.1 Å². The number of aliphatic hydroxyl groups is 1. The van der Waals surface area contributed by atoms with E-state index in [0.717, 1.165) is 4.47 Å². The van der Waals surface area contributed by atoms with Crippen LogP contribution in [0.3, 0.4) is 0 Å². The van der Waals surface area contributed by atoms with Crippen LogP contribution in [-0.4, -0.2) is 37.6 Å². The van der Waals surface area contributed by atoms with E-state index in [-0.39, 0.29) is 11.3 Å². The molecule has 0 radical (unpaired) electrons. The first-order valence-corrected chi connectivity index (χ1v) is 11.7. The summed E-state index contributed by atoms with van der Waals surface area (Å²) in [5, 5.41) is 11.2. The maximum atomic E-state index is 13.3. The Morgan fingerprint density at radius 2 is 1.63 bits per heavy atom. The number of ketones is 1. The molecular weight excluding hydrogens is 514 g/mol. The number of halogens is 1. The van der Waals surface area contributed by atoms with Gasteiger partial charge >= 0.3 is 0 Å². The van der Waals surface area contributed by atoms with Crippen LogP contribution >= 0.6 is 15.9 Å². The minimum Gasteiger partial charge on any atom is -0.507 e. The average Bonchev–Trinajstić information content (AvgIpc) is 3.14. The standard InChI is InChI=1S/C27H24BrNO6/c1-4-35-22-15-17(7-14-21(22)34-3)24-23(25(30)16-5-8-18(28)9-6-16)26(31)27(32)29(24)19-10-12-20(33-2)13-11-19/h5-15,24,30H,4H2,1-3H3/b25-23-. The van der Waals surface area contributed by atoms with E-state index in [9.17, 15) is 14.7 Å². The number of Topliss-reactive ketones (excluding diaryl/α,β-unsaturated/α-hetero) is 1. The highest BCUT2D eigenvalue weighted by Gasteiger charge is 2.47. The molecule has 1 aliphatic rings. The summed E-state index contributed by atoms with van der Waals surface area (Å²) in [6.07, 6.45) is 0. The molecular formula is C27H24BrNO6. The van der Waals surface area contributed by atoms with E-state index in [1.165, 1.54) is 12.0 Å². The first-order valence-electron chi connectivity index (χ1n) is 10.9. The lowest BCUT2D eigenvalue weighted by Crippen LogP contribution is -2.29. The van der Waals surface area contributed by atoms with Gasteiger partial charge in [-0.3, -0.25) is 14.5 Å². The predicted octanol–water partition coefficient (Wildman–Crippen LogP) is 5.49. The van der Waals surface area contributed by atoms with Crippen LogP contribution in [0.25, 0.3) is 5.76 Å². The van der Waals surface area contributed by atoms with Gasteiger partial charge in [-0.25, -0.2) is 0 Å². The van der Waals surface area contributed by atoms with Crippen molar-refractivity contribution in [3.8, 4) is 17.2 Å². The Balaban J connectivity index is 1.94. The molecule has 180 valence electrons. The van der Waals surface area contributed by atoms with E-state index < -0.39 is 17.7 Å². The van der Waals surface area contributed by atoms with Crippen molar-refractivity contribution in [3.63, 3.8) is 0 Å². The Labute approximate surface area is 211 Å². The molecule has 0 bridgehead atoms. The minimum atomic E-state index is -0.892. The molecule has 4 rings (SSSR count). The van der Waals surface area contributed by atoms with Gasteiger partial charge in [0.2, 0.25) is 0 Å². The average molecular weight is 538 g/mol. The number of carbonyl (C=O) groups excluding carboxylic acids is 2. The topological polar surface area (TPSA) is 85.3 Å². The van der Waals surface area contributed by atoms with E-state index in [0.29, 0.717) is 40.7 Å². The van der Waals surface area contributed by atoms with Crippen molar-refractivity contribution < 1.29 is 28.9 Å². The highest BCUT2D eigenvalue weighted by molar-refractivity contribution is 9.10. The van der Waals surface area contributed by atoms with Crippen molar-refractivity contribution in [2.24, 2.45) is 0 Å². The molecule has 0 spiro atoms. The number of amides is 1. The highest BCUT2D eigenvalue weighted by atomic mass is 79.9. The van der Waals surface area contributed by atoms with Crippen molar-refractivity contribution >= 4 is 39.1 Å². The van der Waals surface area contributed by atoms with Crippen molar-refractivity contribution in [1.82, 2.24) is 0 Å². The molecule has 3 aromatic rings.